The van der Waals surface area contributed by atoms with E-state index in [0.29, 0.717) is 17.5 Å². The first-order chi connectivity index (χ1) is 15.3. The van der Waals surface area contributed by atoms with Crippen LogP contribution >= 0.6 is 45.8 Å². The summed E-state index contributed by atoms with van der Waals surface area (Å²) in [4.78, 5) is 0. The Balaban J connectivity index is -0.000000559. The second-order valence-electron chi connectivity index (χ2n) is 14.0. The summed E-state index contributed by atoms with van der Waals surface area (Å²) in [5.74, 6) is 0.609. The molecule has 0 aliphatic heterocycles. The minimum atomic E-state index is -1.78. The van der Waals surface area contributed by atoms with Crippen LogP contribution in [-0.2, 0) is 8.85 Å². The van der Waals surface area contributed by atoms with Crippen LogP contribution in [0.25, 0.3) is 0 Å². The van der Waals surface area contributed by atoms with Gasteiger partial charge in [0.05, 0.1) is 39.4 Å². The van der Waals surface area contributed by atoms with Gasteiger partial charge in [0, 0.05) is 5.88 Å². The fourth-order valence-electron chi connectivity index (χ4n) is 1.47. The van der Waals surface area contributed by atoms with Gasteiger partial charge in [0.25, 0.3) is 0 Å². The molecule has 0 spiro atoms. The van der Waals surface area contributed by atoms with Crippen molar-refractivity contribution in [3.05, 3.63) is 0 Å². The molecule has 2 atom stereocenters. The van der Waals surface area contributed by atoms with Crippen molar-refractivity contribution in [1.82, 2.24) is 0 Å². The second kappa shape index (κ2) is 16.8. The van der Waals surface area contributed by atoms with Crippen LogP contribution in [0, 0.1) is 0 Å². The molecule has 0 fully saturated rings. The van der Waals surface area contributed by atoms with Crippen LogP contribution in [0.15, 0.2) is 0 Å². The van der Waals surface area contributed by atoms with Crippen LogP contribution < -0.4 is 0 Å². The molecule has 0 bridgehead atoms. The summed E-state index contributed by atoms with van der Waals surface area (Å²) in [5.41, 5.74) is 0. The molecule has 0 aliphatic rings. The first-order valence-electron chi connectivity index (χ1n) is 12.5. The lowest BCUT2D eigenvalue weighted by Gasteiger charge is -2.41. The normalized spacial score (nSPS) is 15.4. The van der Waals surface area contributed by atoms with Crippen LogP contribution in [0.1, 0.15) is 62.3 Å². The van der Waals surface area contributed by atoms with E-state index >= 15 is 0 Å². The standard InChI is InChI=1S/C15H35ClO2Si2.C7H17ISi.C3H7ClO2/c1-14(2,3)19(7,8)17-12-13(11-16)18-20(9,10)15(4,5)6;1-7(2,3)9(4,5)6-8;4-1-3(6)2-5/h13H,11-12H2,1-10H3;6H2,1-5H3;3,5-6H,1-2H2/t13-;;3-/m0.0/s1. The number of hydrogen-bond donors (Lipinski definition) is 2. The molecule has 0 aliphatic carbocycles. The zero-order valence-corrected chi connectivity index (χ0v) is 32.2. The Hall–Kier alpha value is 1.80. The van der Waals surface area contributed by atoms with Crippen molar-refractivity contribution in [3.63, 3.8) is 0 Å². The Morgan fingerprint density at radius 3 is 1.31 bits per heavy atom. The third-order valence-electron chi connectivity index (χ3n) is 7.63. The lowest BCUT2D eigenvalue weighted by atomic mass is 10.2. The molecule has 10 heteroatoms. The van der Waals surface area contributed by atoms with Gasteiger partial charge in [-0.2, -0.15) is 0 Å². The molecule has 0 rings (SSSR count). The lowest BCUT2D eigenvalue weighted by Crippen LogP contribution is -2.48. The van der Waals surface area contributed by atoms with Crippen molar-refractivity contribution in [3.8, 4) is 0 Å². The minimum absolute atomic E-state index is 0.00619. The number of aliphatic hydroxyl groups excluding tert-OH is 2. The van der Waals surface area contributed by atoms with Gasteiger partial charge in [0.15, 0.2) is 16.6 Å². The van der Waals surface area contributed by atoms with Crippen molar-refractivity contribution in [2.75, 3.05) is 29.0 Å². The van der Waals surface area contributed by atoms with E-state index in [1.807, 2.05) is 0 Å². The van der Waals surface area contributed by atoms with Crippen LogP contribution in [0.5, 0.6) is 0 Å². The van der Waals surface area contributed by atoms with Crippen LogP contribution in [0.3, 0.4) is 0 Å². The summed E-state index contributed by atoms with van der Waals surface area (Å²) in [6.45, 7) is 34.9. The third kappa shape index (κ3) is 17.2. The first-order valence-corrected chi connectivity index (χ1v) is 24.2. The van der Waals surface area contributed by atoms with E-state index in [4.69, 9.17) is 42.3 Å². The number of hydrogen-bond acceptors (Lipinski definition) is 4. The van der Waals surface area contributed by atoms with E-state index < -0.39 is 30.8 Å². The highest BCUT2D eigenvalue weighted by atomic mass is 127. The Morgan fingerprint density at radius 2 is 1.14 bits per heavy atom. The van der Waals surface area contributed by atoms with Crippen molar-refractivity contribution >= 4 is 70.5 Å². The van der Waals surface area contributed by atoms with Crippen molar-refractivity contribution in [2.24, 2.45) is 0 Å². The van der Waals surface area contributed by atoms with Crippen molar-refractivity contribution in [1.29, 1.82) is 0 Å². The summed E-state index contributed by atoms with van der Waals surface area (Å²) in [7, 11) is -4.40. The van der Waals surface area contributed by atoms with E-state index in [2.05, 4.69) is 124 Å². The number of aliphatic hydroxyl groups is 2. The lowest BCUT2D eigenvalue weighted by molar-refractivity contribution is 0.112. The smallest absolute Gasteiger partial charge is 0.192 e. The molecule has 0 aromatic carbocycles. The first kappa shape index (κ1) is 41.3. The fraction of sp³-hybridized carbons (Fsp3) is 1.00. The topological polar surface area (TPSA) is 58.9 Å². The Kier molecular flexibility index (Phi) is 19.8. The fourth-order valence-corrected chi connectivity index (χ4v) is 8.03. The van der Waals surface area contributed by atoms with E-state index in [-0.39, 0.29) is 28.7 Å². The molecule has 0 saturated heterocycles. The maximum absolute atomic E-state index is 8.28. The molecule has 0 heterocycles. The highest BCUT2D eigenvalue weighted by molar-refractivity contribution is 14.1. The van der Waals surface area contributed by atoms with Gasteiger partial charge in [0.1, 0.15) is 0 Å². The molecule has 0 unspecified atom stereocenters. The van der Waals surface area contributed by atoms with Crippen LogP contribution in [-0.4, -0.2) is 76.2 Å². The SMILES string of the molecule is CC(C)(C)[Si](C)(C)CI.CC(C)(C)[Si](C)(C)OC[C@H](CCl)O[Si](C)(C)C(C)(C)C.OC[C@@H](O)CCl. The maximum atomic E-state index is 8.28. The molecule has 0 aromatic heterocycles. The third-order valence-corrected chi connectivity index (χ3v) is 27.8. The largest absolute Gasteiger partial charge is 0.414 e. The van der Waals surface area contributed by atoms with Crippen LogP contribution in [0.4, 0.5) is 0 Å². The highest BCUT2D eigenvalue weighted by Crippen LogP contribution is 2.39. The molecule has 4 nitrogen and oxygen atoms in total. The second-order valence-corrected chi connectivity index (χ2v) is 32.0. The minimum Gasteiger partial charge on any atom is -0.414 e. The molecule has 35 heavy (non-hydrogen) atoms. The van der Waals surface area contributed by atoms with Gasteiger partial charge in [-0.05, 0) is 45.4 Å². The molecule has 0 amide bonds. The van der Waals surface area contributed by atoms with Crippen LogP contribution in [0.2, 0.25) is 54.4 Å². The molecule has 216 valence electrons. The quantitative estimate of drug-likeness (QED) is 0.143. The molecule has 0 saturated carbocycles. The van der Waals surface area contributed by atoms with Gasteiger partial charge in [-0.15, -0.1) is 23.2 Å². The summed E-state index contributed by atoms with van der Waals surface area (Å²) < 4.78 is 14.0. The van der Waals surface area contributed by atoms with Gasteiger partial charge in [0.2, 0.25) is 0 Å². The summed E-state index contributed by atoms with van der Waals surface area (Å²) >= 11 is 13.7. The Morgan fingerprint density at radius 1 is 0.743 bits per heavy atom. The zero-order chi connectivity index (χ0) is 29.1. The monoisotopic (exact) mass is 704 g/mol. The van der Waals surface area contributed by atoms with E-state index in [1.165, 1.54) is 4.05 Å². The molecule has 0 radical (unpaired) electrons. The highest BCUT2D eigenvalue weighted by Gasteiger charge is 2.41. The van der Waals surface area contributed by atoms with Gasteiger partial charge in [-0.3, -0.25) is 0 Å². The molecular weight excluding hydrogens is 646 g/mol. The van der Waals surface area contributed by atoms with Crippen molar-refractivity contribution < 1.29 is 19.1 Å². The maximum Gasteiger partial charge on any atom is 0.192 e. The molecular formula is C25H59Cl2IO4Si3. The summed E-state index contributed by atoms with van der Waals surface area (Å²) in [6, 6.07) is 0. The number of alkyl halides is 3. The zero-order valence-electron chi connectivity index (χ0n) is 25.5. The summed E-state index contributed by atoms with van der Waals surface area (Å²) in [5, 5.41) is 17.3. The van der Waals surface area contributed by atoms with Gasteiger partial charge in [-0.25, -0.2) is 0 Å². The number of rotatable bonds is 9. The Labute approximate surface area is 246 Å². The van der Waals surface area contributed by atoms with Gasteiger partial charge in [-0.1, -0.05) is 98.0 Å². The van der Waals surface area contributed by atoms with E-state index in [0.717, 1.165) is 0 Å². The van der Waals surface area contributed by atoms with Crippen molar-refractivity contribution in [2.45, 2.75) is 129 Å². The van der Waals surface area contributed by atoms with E-state index in [1.54, 1.807) is 0 Å². The van der Waals surface area contributed by atoms with Gasteiger partial charge < -0.3 is 19.1 Å². The van der Waals surface area contributed by atoms with Gasteiger partial charge >= 0.3 is 0 Å². The average molecular weight is 706 g/mol. The predicted molar refractivity (Wildman–Crippen MR) is 176 cm³/mol. The Bertz CT molecular complexity index is 554. The predicted octanol–water partition coefficient (Wildman–Crippen LogP) is 8.68. The molecule has 0 aromatic rings. The average Bonchev–Trinajstić information content (AvgIpc) is 2.68. The number of halogens is 3. The molecule has 2 N–H and O–H groups in total. The summed E-state index contributed by atoms with van der Waals surface area (Å²) in [6.07, 6.45) is -0.738. The van der Waals surface area contributed by atoms with E-state index in [9.17, 15) is 0 Å².